The number of hydrogen-bond acceptors (Lipinski definition) is 3. The zero-order chi connectivity index (χ0) is 19.9. The summed E-state index contributed by atoms with van der Waals surface area (Å²) in [6.07, 6.45) is 4.26. The number of nitrogens with zero attached hydrogens (tertiary/aromatic N) is 1. The maximum Gasteiger partial charge on any atom is 0.307 e. The number of carboxylic acids is 1. The Bertz CT molecular complexity index is 837. The summed E-state index contributed by atoms with van der Waals surface area (Å²) in [7, 11) is 0. The number of halogens is 1. The van der Waals surface area contributed by atoms with Gasteiger partial charge in [0.25, 0.3) is 0 Å². The first-order valence-corrected chi connectivity index (χ1v) is 9.24. The molecular weight excluding hydrogens is 359 g/mol. The van der Waals surface area contributed by atoms with Crippen LogP contribution >= 0.6 is 0 Å². The van der Waals surface area contributed by atoms with E-state index >= 15 is 0 Å². The van der Waals surface area contributed by atoms with E-state index in [0.717, 1.165) is 5.56 Å². The van der Waals surface area contributed by atoms with Crippen molar-refractivity contribution in [3.63, 3.8) is 0 Å². The molecule has 0 aromatic heterocycles. The molecule has 2 aromatic carbocycles. The number of carboxylic acid groups (broad SMARTS) is 1. The summed E-state index contributed by atoms with van der Waals surface area (Å²) in [6.45, 7) is 1.46. The van der Waals surface area contributed by atoms with E-state index in [1.807, 2.05) is 47.4 Å². The van der Waals surface area contributed by atoms with Gasteiger partial charge in [-0.25, -0.2) is 4.39 Å². The normalized spacial score (nSPS) is 20.2. The van der Waals surface area contributed by atoms with Crippen LogP contribution < -0.4 is 5.32 Å². The van der Waals surface area contributed by atoms with Gasteiger partial charge in [-0.1, -0.05) is 42.5 Å². The molecule has 1 aliphatic heterocycles. The van der Waals surface area contributed by atoms with Gasteiger partial charge in [-0.15, -0.1) is 0 Å². The maximum absolute atomic E-state index is 13.0. The van der Waals surface area contributed by atoms with Crippen molar-refractivity contribution in [3.8, 4) is 0 Å². The van der Waals surface area contributed by atoms with Crippen molar-refractivity contribution in [2.24, 2.45) is 11.8 Å². The third-order valence-electron chi connectivity index (χ3n) is 4.83. The molecule has 1 fully saturated rings. The third-order valence-corrected chi connectivity index (χ3v) is 4.83. The molecule has 1 aliphatic rings. The summed E-state index contributed by atoms with van der Waals surface area (Å²) in [5, 5.41) is 12.2. The smallest absolute Gasteiger partial charge is 0.307 e. The van der Waals surface area contributed by atoms with E-state index in [4.69, 9.17) is 0 Å². The lowest BCUT2D eigenvalue weighted by Gasteiger charge is -2.34. The molecule has 2 atom stereocenters. The predicted molar refractivity (Wildman–Crippen MR) is 106 cm³/mol. The number of benzene rings is 2. The summed E-state index contributed by atoms with van der Waals surface area (Å²) in [5.74, 6) is -2.54. The van der Waals surface area contributed by atoms with Gasteiger partial charge in [0, 0.05) is 25.3 Å². The number of anilines is 1. The van der Waals surface area contributed by atoms with Gasteiger partial charge >= 0.3 is 5.97 Å². The molecule has 0 spiro atoms. The number of likely N-dealkylation sites (tertiary alicyclic amines) is 1. The predicted octanol–water partition coefficient (Wildman–Crippen LogP) is 3.50. The van der Waals surface area contributed by atoms with Gasteiger partial charge in [-0.2, -0.15) is 0 Å². The topological polar surface area (TPSA) is 69.6 Å². The zero-order valence-electron chi connectivity index (χ0n) is 15.4. The fourth-order valence-corrected chi connectivity index (χ4v) is 3.39. The van der Waals surface area contributed by atoms with Crippen LogP contribution in [0.5, 0.6) is 0 Å². The molecule has 28 heavy (non-hydrogen) atoms. The van der Waals surface area contributed by atoms with Crippen molar-refractivity contribution in [2.45, 2.75) is 6.42 Å². The van der Waals surface area contributed by atoms with Crippen molar-refractivity contribution in [1.29, 1.82) is 0 Å². The Kier molecular flexibility index (Phi) is 6.55. The van der Waals surface area contributed by atoms with Gasteiger partial charge in [0.2, 0.25) is 5.91 Å². The molecule has 1 heterocycles. The number of piperidine rings is 1. The number of amides is 1. The molecule has 3 rings (SSSR count). The van der Waals surface area contributed by atoms with Crippen LogP contribution in [0.2, 0.25) is 0 Å². The van der Waals surface area contributed by atoms with Crippen molar-refractivity contribution in [2.75, 3.05) is 25.0 Å². The second-order valence-corrected chi connectivity index (χ2v) is 7.00. The largest absolute Gasteiger partial charge is 0.481 e. The lowest BCUT2D eigenvalue weighted by molar-refractivity contribution is -0.145. The van der Waals surface area contributed by atoms with Gasteiger partial charge in [0.1, 0.15) is 5.82 Å². The molecule has 1 amide bonds. The van der Waals surface area contributed by atoms with Crippen LogP contribution in [0, 0.1) is 17.7 Å². The quantitative estimate of drug-likeness (QED) is 0.802. The standard InChI is InChI=1S/C22H23FN2O3/c23-19-8-10-20(11-9-19)24-21(26)17-13-18(22(27)28)15-25(14-17)12-4-7-16-5-2-1-3-6-16/h1-11,17-18H,12-15H2,(H,24,26)(H,27,28)/b7-4+/t17-,18-/m0/s1. The first-order valence-electron chi connectivity index (χ1n) is 9.24. The van der Waals surface area contributed by atoms with Crippen LogP contribution in [0.1, 0.15) is 12.0 Å². The van der Waals surface area contributed by atoms with E-state index < -0.39 is 17.8 Å². The molecule has 0 saturated carbocycles. The lowest BCUT2D eigenvalue weighted by Crippen LogP contribution is -2.46. The molecule has 0 aliphatic carbocycles. The highest BCUT2D eigenvalue weighted by atomic mass is 19.1. The van der Waals surface area contributed by atoms with E-state index in [2.05, 4.69) is 5.32 Å². The van der Waals surface area contributed by atoms with Gasteiger partial charge in [-0.3, -0.25) is 14.5 Å². The van der Waals surface area contributed by atoms with E-state index in [9.17, 15) is 19.1 Å². The molecular formula is C22H23FN2O3. The van der Waals surface area contributed by atoms with Gasteiger partial charge in [-0.05, 0) is 36.2 Å². The molecule has 146 valence electrons. The highest BCUT2D eigenvalue weighted by Gasteiger charge is 2.34. The highest BCUT2D eigenvalue weighted by molar-refractivity contribution is 5.93. The second kappa shape index (κ2) is 9.28. The first kappa shape index (κ1) is 19.8. The monoisotopic (exact) mass is 382 g/mol. The fourth-order valence-electron chi connectivity index (χ4n) is 3.39. The molecule has 1 saturated heterocycles. The number of carbonyl (C=O) groups excluding carboxylic acids is 1. The molecule has 0 unspecified atom stereocenters. The summed E-state index contributed by atoms with van der Waals surface area (Å²) in [6, 6.07) is 15.4. The Hall–Kier alpha value is -2.99. The molecule has 6 heteroatoms. The van der Waals surface area contributed by atoms with Crippen molar-refractivity contribution >= 4 is 23.6 Å². The number of nitrogens with one attached hydrogen (secondary N) is 1. The Balaban J connectivity index is 1.63. The SMILES string of the molecule is O=C(O)[C@H]1C[C@H](C(=O)Nc2ccc(F)cc2)CN(C/C=C/c2ccccc2)C1. The van der Waals surface area contributed by atoms with Gasteiger partial charge in [0.05, 0.1) is 11.8 Å². The average molecular weight is 382 g/mol. The van der Waals surface area contributed by atoms with E-state index in [0.29, 0.717) is 31.7 Å². The van der Waals surface area contributed by atoms with Crippen LogP contribution in [-0.4, -0.2) is 41.5 Å². The number of hydrogen-bond donors (Lipinski definition) is 2. The lowest BCUT2D eigenvalue weighted by atomic mass is 9.88. The van der Waals surface area contributed by atoms with Gasteiger partial charge in [0.15, 0.2) is 0 Å². The summed E-state index contributed by atoms with van der Waals surface area (Å²) in [5.41, 5.74) is 1.57. The molecule has 2 aromatic rings. The highest BCUT2D eigenvalue weighted by Crippen LogP contribution is 2.24. The number of aliphatic carboxylic acids is 1. The van der Waals surface area contributed by atoms with Crippen LogP contribution in [0.3, 0.4) is 0 Å². The van der Waals surface area contributed by atoms with E-state index in [-0.39, 0.29) is 11.7 Å². The number of rotatable bonds is 6. The van der Waals surface area contributed by atoms with Crippen molar-refractivity contribution in [1.82, 2.24) is 4.90 Å². The van der Waals surface area contributed by atoms with Crippen LogP contribution in [-0.2, 0) is 9.59 Å². The minimum absolute atomic E-state index is 0.241. The van der Waals surface area contributed by atoms with Crippen LogP contribution in [0.25, 0.3) is 6.08 Å². The summed E-state index contributed by atoms with van der Waals surface area (Å²) >= 11 is 0. The minimum atomic E-state index is -0.892. The third kappa shape index (κ3) is 5.50. The fraction of sp³-hybridized carbons (Fsp3) is 0.273. The Morgan fingerprint density at radius 1 is 1.07 bits per heavy atom. The summed E-state index contributed by atoms with van der Waals surface area (Å²) < 4.78 is 13.0. The Labute approximate surface area is 163 Å². The molecule has 5 nitrogen and oxygen atoms in total. The van der Waals surface area contributed by atoms with Gasteiger partial charge < -0.3 is 10.4 Å². The van der Waals surface area contributed by atoms with E-state index in [1.54, 1.807) is 0 Å². The summed E-state index contributed by atoms with van der Waals surface area (Å²) in [4.78, 5) is 26.1. The van der Waals surface area contributed by atoms with Crippen LogP contribution in [0.4, 0.5) is 10.1 Å². The molecule has 0 radical (unpaired) electrons. The Morgan fingerprint density at radius 3 is 2.43 bits per heavy atom. The number of carbonyl (C=O) groups is 2. The zero-order valence-corrected chi connectivity index (χ0v) is 15.4. The maximum atomic E-state index is 13.0. The average Bonchev–Trinajstić information content (AvgIpc) is 2.70. The van der Waals surface area contributed by atoms with Crippen molar-refractivity contribution < 1.29 is 19.1 Å². The molecule has 2 N–H and O–H groups in total. The minimum Gasteiger partial charge on any atom is -0.481 e. The Morgan fingerprint density at radius 2 is 1.75 bits per heavy atom. The molecule has 0 bridgehead atoms. The van der Waals surface area contributed by atoms with E-state index in [1.165, 1.54) is 24.3 Å². The van der Waals surface area contributed by atoms with Crippen LogP contribution in [0.15, 0.2) is 60.7 Å². The van der Waals surface area contributed by atoms with Crippen molar-refractivity contribution in [3.05, 3.63) is 72.1 Å². The first-order chi connectivity index (χ1) is 13.5. The second-order valence-electron chi connectivity index (χ2n) is 7.00.